The highest BCUT2D eigenvalue weighted by atomic mass is 32.2. The Bertz CT molecular complexity index is 431. The molecule has 92 valence electrons. The smallest absolute Gasteiger partial charge is 0.318 e. The van der Waals surface area contributed by atoms with Crippen LogP contribution in [0.1, 0.15) is 12.8 Å². The SMILES string of the molecule is NC(=O)NC(=O)CSc1nnc(NC2CC2)s1. The number of anilines is 1. The maximum absolute atomic E-state index is 11.1. The number of rotatable bonds is 5. The van der Waals surface area contributed by atoms with Crippen molar-refractivity contribution in [2.24, 2.45) is 5.73 Å². The van der Waals surface area contributed by atoms with Crippen molar-refractivity contribution in [3.05, 3.63) is 0 Å². The number of carbonyl (C=O) groups is 2. The van der Waals surface area contributed by atoms with E-state index < -0.39 is 11.9 Å². The van der Waals surface area contributed by atoms with Crippen LogP contribution in [0.3, 0.4) is 0 Å². The summed E-state index contributed by atoms with van der Waals surface area (Å²) in [5.74, 6) is -0.338. The molecule has 0 radical (unpaired) electrons. The predicted octanol–water partition coefficient (Wildman–Crippen LogP) is 0.399. The van der Waals surface area contributed by atoms with Crippen LogP contribution in [-0.4, -0.2) is 33.9 Å². The average molecular weight is 273 g/mol. The first-order valence-corrected chi connectivity index (χ1v) is 6.76. The van der Waals surface area contributed by atoms with Gasteiger partial charge < -0.3 is 11.1 Å². The number of urea groups is 1. The average Bonchev–Trinajstić information content (AvgIpc) is 2.93. The van der Waals surface area contributed by atoms with E-state index in [9.17, 15) is 9.59 Å². The van der Waals surface area contributed by atoms with Gasteiger partial charge in [-0.3, -0.25) is 10.1 Å². The lowest BCUT2D eigenvalue weighted by Crippen LogP contribution is -2.36. The van der Waals surface area contributed by atoms with E-state index in [-0.39, 0.29) is 5.75 Å². The van der Waals surface area contributed by atoms with Crippen LogP contribution in [0, 0.1) is 0 Å². The lowest BCUT2D eigenvalue weighted by Gasteiger charge is -1.97. The molecule has 1 fully saturated rings. The van der Waals surface area contributed by atoms with Gasteiger partial charge in [0.2, 0.25) is 11.0 Å². The van der Waals surface area contributed by atoms with Crippen molar-refractivity contribution in [2.75, 3.05) is 11.1 Å². The quantitative estimate of drug-likeness (QED) is 0.670. The van der Waals surface area contributed by atoms with Crippen LogP contribution >= 0.6 is 23.1 Å². The van der Waals surface area contributed by atoms with E-state index in [1.807, 2.05) is 5.32 Å². The first-order chi connectivity index (χ1) is 8.13. The summed E-state index contributed by atoms with van der Waals surface area (Å²) in [5, 5.41) is 13.8. The summed E-state index contributed by atoms with van der Waals surface area (Å²) in [5.41, 5.74) is 4.81. The molecule has 1 heterocycles. The zero-order valence-corrected chi connectivity index (χ0v) is 10.4. The molecule has 1 aromatic heterocycles. The van der Waals surface area contributed by atoms with Crippen LogP contribution < -0.4 is 16.4 Å². The molecule has 0 spiro atoms. The van der Waals surface area contributed by atoms with E-state index in [2.05, 4.69) is 15.5 Å². The van der Waals surface area contributed by atoms with Crippen molar-refractivity contribution in [2.45, 2.75) is 23.2 Å². The number of nitrogens with zero attached hydrogens (tertiary/aromatic N) is 2. The van der Waals surface area contributed by atoms with Gasteiger partial charge in [0.05, 0.1) is 5.75 Å². The van der Waals surface area contributed by atoms with Crippen molar-refractivity contribution in [1.29, 1.82) is 0 Å². The number of aromatic nitrogens is 2. The molecule has 0 atom stereocenters. The van der Waals surface area contributed by atoms with Gasteiger partial charge in [-0.25, -0.2) is 4.79 Å². The van der Waals surface area contributed by atoms with Gasteiger partial charge in [0, 0.05) is 6.04 Å². The van der Waals surface area contributed by atoms with Gasteiger partial charge in [0.25, 0.3) is 0 Å². The van der Waals surface area contributed by atoms with Crippen molar-refractivity contribution in [1.82, 2.24) is 15.5 Å². The molecule has 1 aliphatic rings. The summed E-state index contributed by atoms with van der Waals surface area (Å²) < 4.78 is 0.688. The number of primary amides is 1. The third-order valence-electron chi connectivity index (χ3n) is 1.90. The molecule has 1 saturated carbocycles. The molecule has 3 amide bonds. The second-order valence-corrected chi connectivity index (χ2v) is 5.69. The maximum atomic E-state index is 11.1. The fourth-order valence-corrected chi connectivity index (χ4v) is 2.66. The molecule has 2 rings (SSSR count). The molecule has 0 saturated heterocycles. The minimum Gasteiger partial charge on any atom is -0.357 e. The Labute approximate surface area is 106 Å². The van der Waals surface area contributed by atoms with E-state index in [1.165, 1.54) is 35.9 Å². The molecule has 1 aromatic rings. The lowest BCUT2D eigenvalue weighted by molar-refractivity contribution is -0.117. The standard InChI is InChI=1S/C8H11N5O2S2/c9-6(15)11-5(14)3-16-8-13-12-7(17-8)10-4-1-2-4/h4H,1-3H2,(H,10,12)(H3,9,11,14,15). The zero-order chi connectivity index (χ0) is 12.3. The molecule has 9 heteroatoms. The molecule has 4 N–H and O–H groups in total. The van der Waals surface area contributed by atoms with E-state index in [4.69, 9.17) is 5.73 Å². The Morgan fingerprint density at radius 2 is 2.24 bits per heavy atom. The number of amides is 3. The van der Waals surface area contributed by atoms with E-state index in [0.717, 1.165) is 5.13 Å². The molecule has 1 aliphatic carbocycles. The summed E-state index contributed by atoms with van der Waals surface area (Å²) in [6, 6.07) is -0.317. The topological polar surface area (TPSA) is 110 Å². The largest absolute Gasteiger partial charge is 0.357 e. The minimum atomic E-state index is -0.844. The fraction of sp³-hybridized carbons (Fsp3) is 0.500. The van der Waals surface area contributed by atoms with E-state index in [1.54, 1.807) is 0 Å². The van der Waals surface area contributed by atoms with Gasteiger partial charge in [0.15, 0.2) is 4.34 Å². The number of imide groups is 1. The Hall–Kier alpha value is -1.35. The summed E-state index contributed by atoms with van der Waals surface area (Å²) in [6.07, 6.45) is 2.34. The molecule has 7 nitrogen and oxygen atoms in total. The van der Waals surface area contributed by atoms with Gasteiger partial charge in [-0.1, -0.05) is 23.1 Å². The van der Waals surface area contributed by atoms with E-state index in [0.29, 0.717) is 10.4 Å². The van der Waals surface area contributed by atoms with E-state index >= 15 is 0 Å². The first kappa shape index (κ1) is 12.1. The second kappa shape index (κ2) is 5.32. The number of hydrogen-bond donors (Lipinski definition) is 3. The van der Waals surface area contributed by atoms with Crippen molar-refractivity contribution in [3.8, 4) is 0 Å². The van der Waals surface area contributed by atoms with Crippen molar-refractivity contribution < 1.29 is 9.59 Å². The molecule has 17 heavy (non-hydrogen) atoms. The number of nitrogens with two attached hydrogens (primary N) is 1. The van der Waals surface area contributed by atoms with Crippen LogP contribution in [0.5, 0.6) is 0 Å². The highest BCUT2D eigenvalue weighted by Gasteiger charge is 2.22. The molecule has 0 bridgehead atoms. The summed E-state index contributed by atoms with van der Waals surface area (Å²) in [4.78, 5) is 21.5. The number of carbonyl (C=O) groups excluding carboxylic acids is 2. The third kappa shape index (κ3) is 4.19. The van der Waals surface area contributed by atoms with Gasteiger partial charge in [-0.05, 0) is 12.8 Å². The first-order valence-electron chi connectivity index (χ1n) is 4.95. The molecular weight excluding hydrogens is 262 g/mol. The Morgan fingerprint density at radius 3 is 2.88 bits per heavy atom. The molecular formula is C8H11N5O2S2. The number of nitrogens with one attached hydrogen (secondary N) is 2. The minimum absolute atomic E-state index is 0.0982. The highest BCUT2D eigenvalue weighted by molar-refractivity contribution is 8.01. The van der Waals surface area contributed by atoms with Gasteiger partial charge in [-0.15, -0.1) is 10.2 Å². The Morgan fingerprint density at radius 1 is 1.47 bits per heavy atom. The normalized spacial score (nSPS) is 14.4. The molecule has 0 unspecified atom stereocenters. The van der Waals surface area contributed by atoms with Crippen LogP contribution in [-0.2, 0) is 4.79 Å². The van der Waals surface area contributed by atoms with Crippen LogP contribution in [0.2, 0.25) is 0 Å². The Balaban J connectivity index is 1.76. The monoisotopic (exact) mass is 273 g/mol. The number of thioether (sulfide) groups is 1. The fourth-order valence-electron chi connectivity index (χ4n) is 1.03. The zero-order valence-electron chi connectivity index (χ0n) is 8.80. The van der Waals surface area contributed by atoms with Gasteiger partial charge in [0.1, 0.15) is 0 Å². The van der Waals surface area contributed by atoms with Crippen molar-refractivity contribution >= 4 is 40.2 Å². The number of hydrogen-bond acceptors (Lipinski definition) is 7. The van der Waals surface area contributed by atoms with Gasteiger partial charge in [-0.2, -0.15) is 0 Å². The maximum Gasteiger partial charge on any atom is 0.318 e. The lowest BCUT2D eigenvalue weighted by atomic mass is 10.7. The Kier molecular flexibility index (Phi) is 3.79. The summed E-state index contributed by atoms with van der Waals surface area (Å²) >= 11 is 2.62. The van der Waals surface area contributed by atoms with Crippen molar-refractivity contribution in [3.63, 3.8) is 0 Å². The summed E-state index contributed by atoms with van der Waals surface area (Å²) in [7, 11) is 0. The van der Waals surface area contributed by atoms with Crippen LogP contribution in [0.25, 0.3) is 0 Å². The van der Waals surface area contributed by atoms with Crippen LogP contribution in [0.15, 0.2) is 4.34 Å². The molecule has 0 aromatic carbocycles. The summed E-state index contributed by atoms with van der Waals surface area (Å²) in [6.45, 7) is 0. The van der Waals surface area contributed by atoms with Gasteiger partial charge >= 0.3 is 6.03 Å². The second-order valence-electron chi connectivity index (χ2n) is 3.49. The third-order valence-corrected chi connectivity index (χ3v) is 3.89. The highest BCUT2D eigenvalue weighted by Crippen LogP contribution is 2.29. The predicted molar refractivity (Wildman–Crippen MR) is 65.0 cm³/mol. The molecule has 0 aliphatic heterocycles. The van der Waals surface area contributed by atoms with Crippen LogP contribution in [0.4, 0.5) is 9.93 Å².